The molecule has 5 rings (SSSR count). The highest BCUT2D eigenvalue weighted by Gasteiger charge is 2.23. The van der Waals surface area contributed by atoms with Gasteiger partial charge in [0.05, 0.1) is 57.0 Å². The summed E-state index contributed by atoms with van der Waals surface area (Å²) in [7, 11) is -1.15. The highest BCUT2D eigenvalue weighted by atomic mass is 28.3. The van der Waals surface area contributed by atoms with Gasteiger partial charge in [0.25, 0.3) is 0 Å². The summed E-state index contributed by atoms with van der Waals surface area (Å²) >= 11 is 0. The molecule has 46 heavy (non-hydrogen) atoms. The van der Waals surface area contributed by atoms with E-state index in [1.807, 2.05) is 71.3 Å². The summed E-state index contributed by atoms with van der Waals surface area (Å²) in [5, 5.41) is 10.5. The normalized spacial score (nSPS) is 16.2. The third-order valence-corrected chi connectivity index (χ3v) is 9.41. The van der Waals surface area contributed by atoms with E-state index in [2.05, 4.69) is 29.7 Å². The van der Waals surface area contributed by atoms with Gasteiger partial charge >= 0.3 is 0 Å². The van der Waals surface area contributed by atoms with Crippen molar-refractivity contribution in [2.24, 2.45) is 0 Å². The van der Waals surface area contributed by atoms with E-state index in [4.69, 9.17) is 33.5 Å². The summed E-state index contributed by atoms with van der Waals surface area (Å²) in [6, 6.07) is 13.2. The molecule has 1 fully saturated rings. The van der Waals surface area contributed by atoms with E-state index in [0.717, 1.165) is 66.2 Å². The van der Waals surface area contributed by atoms with E-state index >= 15 is 0 Å². The zero-order valence-corrected chi connectivity index (χ0v) is 28.7. The maximum Gasteiger partial charge on any atom is 0.214 e. The molecular weight excluding hydrogens is 602 g/mol. The molecule has 2 atom stereocenters. The molecule has 1 saturated heterocycles. The molecule has 1 aliphatic heterocycles. The quantitative estimate of drug-likeness (QED) is 0.0851. The Balaban J connectivity index is 1.13. The summed E-state index contributed by atoms with van der Waals surface area (Å²) in [6.07, 6.45) is 8.48. The van der Waals surface area contributed by atoms with Crippen LogP contribution in [0.3, 0.4) is 0 Å². The lowest BCUT2D eigenvalue weighted by Crippen LogP contribution is -2.22. The zero-order valence-electron chi connectivity index (χ0n) is 27.7. The first kappa shape index (κ1) is 34.2. The molecule has 1 aliphatic rings. The molecule has 11 nitrogen and oxygen atoms in total. The molecule has 3 aromatic heterocycles. The molecule has 0 saturated carbocycles. The molecule has 4 heterocycles. The van der Waals surface area contributed by atoms with E-state index in [9.17, 15) is 0 Å². The standard InChI is InChI=1S/C34H49N5O6Si/c1-27(43-17-16-40-14-15-41-25-28-10-6-5-7-11-28)24-45-32-20-30-31(22-35-32)39(33-12-8-9-13-44-33)37-34(30)29-21-36-38(23-29)26-42-18-19-46(2,3)4/h5-7,10-11,20-23,27,33H,8-9,12-19,24-26H2,1-4H3. The van der Waals surface area contributed by atoms with Gasteiger partial charge in [0.15, 0.2) is 6.23 Å². The number of ether oxygens (including phenoxy) is 6. The van der Waals surface area contributed by atoms with Crippen LogP contribution in [0.1, 0.15) is 38.0 Å². The Hall–Kier alpha value is -3.13. The van der Waals surface area contributed by atoms with E-state index in [1.165, 1.54) is 0 Å². The molecule has 0 aliphatic carbocycles. The second-order valence-corrected chi connectivity index (χ2v) is 18.5. The van der Waals surface area contributed by atoms with Crippen LogP contribution >= 0.6 is 0 Å². The molecule has 250 valence electrons. The maximum atomic E-state index is 6.09. The summed E-state index contributed by atoms with van der Waals surface area (Å²) in [6.45, 7) is 13.9. The largest absolute Gasteiger partial charge is 0.475 e. The predicted octanol–water partition coefficient (Wildman–Crippen LogP) is 6.32. The van der Waals surface area contributed by atoms with Crippen LogP contribution in [0.15, 0.2) is 55.0 Å². The Morgan fingerprint density at radius 2 is 1.80 bits per heavy atom. The molecule has 0 N–H and O–H groups in total. The second-order valence-electron chi connectivity index (χ2n) is 12.9. The number of fused-ring (bicyclic) bond motifs is 1. The number of benzene rings is 1. The van der Waals surface area contributed by atoms with E-state index in [1.54, 1.807) is 0 Å². The van der Waals surface area contributed by atoms with Crippen molar-refractivity contribution in [3.8, 4) is 17.1 Å². The summed E-state index contributed by atoms with van der Waals surface area (Å²) < 4.78 is 39.0. The smallest absolute Gasteiger partial charge is 0.214 e. The van der Waals surface area contributed by atoms with E-state index in [-0.39, 0.29) is 12.3 Å². The van der Waals surface area contributed by atoms with Gasteiger partial charge in [0.2, 0.25) is 5.88 Å². The minimum Gasteiger partial charge on any atom is -0.475 e. The number of rotatable bonds is 19. The highest BCUT2D eigenvalue weighted by Crippen LogP contribution is 2.34. The van der Waals surface area contributed by atoms with Gasteiger partial charge in [-0.2, -0.15) is 10.2 Å². The zero-order chi connectivity index (χ0) is 32.2. The molecule has 2 unspecified atom stereocenters. The van der Waals surface area contributed by atoms with Gasteiger partial charge in [-0.05, 0) is 37.8 Å². The fourth-order valence-electron chi connectivity index (χ4n) is 5.08. The van der Waals surface area contributed by atoms with Gasteiger partial charge in [0, 0.05) is 44.5 Å². The first-order valence-corrected chi connectivity index (χ1v) is 20.1. The third kappa shape index (κ3) is 10.4. The lowest BCUT2D eigenvalue weighted by molar-refractivity contribution is -0.0365. The predicted molar refractivity (Wildman–Crippen MR) is 180 cm³/mol. The van der Waals surface area contributed by atoms with Crippen LogP contribution in [-0.2, 0) is 37.0 Å². The number of pyridine rings is 1. The fourth-order valence-corrected chi connectivity index (χ4v) is 5.84. The Labute approximate surface area is 273 Å². The van der Waals surface area contributed by atoms with Crippen molar-refractivity contribution in [2.45, 2.75) is 77.5 Å². The van der Waals surface area contributed by atoms with Crippen LogP contribution in [-0.4, -0.2) is 85.0 Å². The highest BCUT2D eigenvalue weighted by molar-refractivity contribution is 6.76. The van der Waals surface area contributed by atoms with Crippen molar-refractivity contribution in [1.82, 2.24) is 24.5 Å². The minimum atomic E-state index is -1.15. The number of hydrogen-bond donors (Lipinski definition) is 0. The van der Waals surface area contributed by atoms with Gasteiger partial charge in [-0.15, -0.1) is 0 Å². The van der Waals surface area contributed by atoms with Crippen LogP contribution < -0.4 is 4.74 Å². The Morgan fingerprint density at radius 1 is 0.978 bits per heavy atom. The number of hydrogen-bond acceptors (Lipinski definition) is 9. The molecule has 0 radical (unpaired) electrons. The minimum absolute atomic E-state index is 0.121. The molecule has 0 bridgehead atoms. The van der Waals surface area contributed by atoms with Gasteiger partial charge in [0.1, 0.15) is 19.0 Å². The van der Waals surface area contributed by atoms with Crippen LogP contribution in [0.5, 0.6) is 5.88 Å². The van der Waals surface area contributed by atoms with Gasteiger partial charge < -0.3 is 28.4 Å². The Morgan fingerprint density at radius 3 is 2.61 bits per heavy atom. The van der Waals surface area contributed by atoms with Gasteiger partial charge in [-0.25, -0.2) is 14.3 Å². The van der Waals surface area contributed by atoms with Crippen LogP contribution in [0, 0.1) is 0 Å². The SMILES string of the molecule is CC(COc1cc2c(-c3cnn(COCC[Si](C)(C)C)c3)nn(C3CCCCO3)c2cn1)OCCOCCOCc1ccccc1. The molecular formula is C34H49N5O6Si. The van der Waals surface area contributed by atoms with Crippen molar-refractivity contribution in [2.75, 3.05) is 46.2 Å². The lowest BCUT2D eigenvalue weighted by atomic mass is 10.1. The second kappa shape index (κ2) is 17.1. The lowest BCUT2D eigenvalue weighted by Gasteiger charge is -2.23. The van der Waals surface area contributed by atoms with Crippen molar-refractivity contribution >= 4 is 19.0 Å². The number of nitrogens with zero attached hydrogens (tertiary/aromatic N) is 5. The monoisotopic (exact) mass is 651 g/mol. The number of aromatic nitrogens is 5. The molecule has 12 heteroatoms. The van der Waals surface area contributed by atoms with Crippen molar-refractivity contribution in [3.05, 3.63) is 60.6 Å². The van der Waals surface area contributed by atoms with Crippen LogP contribution in [0.2, 0.25) is 25.7 Å². The Kier molecular flexibility index (Phi) is 12.7. The average molecular weight is 652 g/mol. The maximum absolute atomic E-state index is 6.09. The third-order valence-electron chi connectivity index (χ3n) is 7.70. The van der Waals surface area contributed by atoms with Crippen LogP contribution in [0.25, 0.3) is 22.2 Å². The van der Waals surface area contributed by atoms with Crippen LogP contribution in [0.4, 0.5) is 0 Å². The van der Waals surface area contributed by atoms with Crippen molar-refractivity contribution in [3.63, 3.8) is 0 Å². The van der Waals surface area contributed by atoms with Gasteiger partial charge in [-0.1, -0.05) is 50.0 Å². The summed E-state index contributed by atoms with van der Waals surface area (Å²) in [4.78, 5) is 4.61. The average Bonchev–Trinajstić information content (AvgIpc) is 3.68. The first-order valence-electron chi connectivity index (χ1n) is 16.4. The molecule has 1 aromatic carbocycles. The van der Waals surface area contributed by atoms with E-state index in [0.29, 0.717) is 52.3 Å². The summed E-state index contributed by atoms with van der Waals surface area (Å²) in [5.41, 5.74) is 3.79. The van der Waals surface area contributed by atoms with Crippen molar-refractivity contribution < 1.29 is 28.4 Å². The topological polar surface area (TPSA) is 104 Å². The summed E-state index contributed by atoms with van der Waals surface area (Å²) in [5.74, 6) is 0.516. The van der Waals surface area contributed by atoms with Crippen molar-refractivity contribution in [1.29, 1.82) is 0 Å². The fraction of sp³-hybridized carbons (Fsp3) is 0.559. The molecule has 0 amide bonds. The molecule has 4 aromatic rings. The van der Waals surface area contributed by atoms with E-state index < -0.39 is 8.07 Å². The first-order chi connectivity index (χ1) is 22.4. The molecule has 0 spiro atoms. The van der Waals surface area contributed by atoms with Gasteiger partial charge in [-0.3, -0.25) is 0 Å². The Bertz CT molecular complexity index is 1470.